The molecule has 7 nitrogen and oxygen atoms in total. The minimum Gasteiger partial charge on any atom is -0.382 e. The van der Waals surface area contributed by atoms with Gasteiger partial charge in [0.25, 0.3) is 0 Å². The number of H-pyrrole nitrogens is 1. The van der Waals surface area contributed by atoms with Crippen LogP contribution < -0.4 is 16.0 Å². The van der Waals surface area contributed by atoms with Crippen molar-refractivity contribution < 1.29 is 4.79 Å². The molecule has 1 fully saturated rings. The van der Waals surface area contributed by atoms with Crippen molar-refractivity contribution in [3.63, 3.8) is 0 Å². The molecule has 2 unspecified atom stereocenters. The molecule has 0 saturated heterocycles. The fraction of sp³-hybridized carbons (Fsp3) is 0.536. The predicted octanol–water partition coefficient (Wildman–Crippen LogP) is 5.48. The number of anilines is 2. The zero-order chi connectivity index (χ0) is 25.2. The zero-order valence-electron chi connectivity index (χ0n) is 22.0. The Kier molecular flexibility index (Phi) is 7.06. The Morgan fingerprint density at radius 3 is 2.63 bits per heavy atom. The van der Waals surface area contributed by atoms with Crippen molar-refractivity contribution >= 4 is 28.4 Å². The first-order chi connectivity index (χ1) is 16.5. The number of para-hydroxylation sites is 2. The first-order valence-electron chi connectivity index (χ1n) is 12.7. The van der Waals surface area contributed by atoms with Crippen LogP contribution in [0.25, 0.3) is 11.0 Å². The Hall–Kier alpha value is -3.09. The van der Waals surface area contributed by atoms with Gasteiger partial charge in [0.2, 0.25) is 5.91 Å². The van der Waals surface area contributed by atoms with Gasteiger partial charge in [0.15, 0.2) is 0 Å². The minimum atomic E-state index is 0.00776. The van der Waals surface area contributed by atoms with Gasteiger partial charge in [-0.3, -0.25) is 4.79 Å². The third-order valence-electron chi connectivity index (χ3n) is 7.08. The zero-order valence-corrected chi connectivity index (χ0v) is 22.0. The highest BCUT2D eigenvalue weighted by Crippen LogP contribution is 2.43. The van der Waals surface area contributed by atoms with Crippen molar-refractivity contribution in [1.29, 1.82) is 0 Å². The summed E-state index contributed by atoms with van der Waals surface area (Å²) in [4.78, 5) is 25.8. The van der Waals surface area contributed by atoms with Gasteiger partial charge < -0.3 is 20.9 Å². The molecular weight excluding hydrogens is 436 g/mol. The molecule has 1 amide bonds. The van der Waals surface area contributed by atoms with Crippen molar-refractivity contribution in [2.75, 3.05) is 24.2 Å². The van der Waals surface area contributed by atoms with Crippen LogP contribution in [0, 0.1) is 10.8 Å². The second-order valence-electron chi connectivity index (χ2n) is 11.8. The second kappa shape index (κ2) is 9.88. The van der Waals surface area contributed by atoms with E-state index in [9.17, 15) is 4.79 Å². The van der Waals surface area contributed by atoms with Gasteiger partial charge in [0, 0.05) is 31.2 Å². The van der Waals surface area contributed by atoms with E-state index >= 15 is 0 Å². The van der Waals surface area contributed by atoms with E-state index in [0.717, 1.165) is 54.0 Å². The van der Waals surface area contributed by atoms with Crippen LogP contribution in [0.3, 0.4) is 0 Å². The van der Waals surface area contributed by atoms with Gasteiger partial charge in [-0.25, -0.2) is 9.97 Å². The third-order valence-corrected chi connectivity index (χ3v) is 7.08. The molecule has 1 aliphatic carbocycles. The van der Waals surface area contributed by atoms with Gasteiger partial charge in [-0.05, 0) is 54.4 Å². The lowest BCUT2D eigenvalue weighted by molar-refractivity contribution is -0.122. The van der Waals surface area contributed by atoms with Crippen molar-refractivity contribution in [2.45, 2.75) is 72.3 Å². The number of hydrogen-bond acceptors (Lipinski definition) is 5. The number of hydrogen-bond donors (Lipinski definition) is 4. The summed E-state index contributed by atoms with van der Waals surface area (Å²) in [6.07, 6.45) is 3.23. The molecule has 1 aliphatic rings. The van der Waals surface area contributed by atoms with Crippen molar-refractivity contribution in [2.24, 2.45) is 10.8 Å². The molecule has 0 bridgehead atoms. The summed E-state index contributed by atoms with van der Waals surface area (Å²) in [5.41, 5.74) is 4.17. The number of fused-ring (bicyclic) bond motifs is 1. The topological polar surface area (TPSA) is 94.7 Å². The number of nitrogens with zero attached hydrogens (tertiary/aromatic N) is 2. The summed E-state index contributed by atoms with van der Waals surface area (Å²) in [5.74, 6) is 1.89. The molecule has 2 heterocycles. The normalized spacial score (nSPS) is 19.9. The maximum Gasteiger partial charge on any atom is 0.227 e. The van der Waals surface area contributed by atoms with Crippen LogP contribution in [0.1, 0.15) is 71.3 Å². The molecule has 3 aromatic rings. The molecule has 1 aromatic carbocycles. The molecule has 1 saturated carbocycles. The minimum absolute atomic E-state index is 0.00776. The standard InChI is InChI=1S/C28H40N6O/c1-27(2,3)17-30-22-12-11-19(33-26(22)29-6)18-13-14-28(4,5)23(15-18)34-25(35)16-24-31-20-9-7-8-10-21(20)32-24/h7-12,18,23,30H,13-17H2,1-6H3,(H,29,33)(H,31,32)(H,34,35). The van der Waals surface area contributed by atoms with Crippen LogP contribution >= 0.6 is 0 Å². The van der Waals surface area contributed by atoms with E-state index < -0.39 is 0 Å². The lowest BCUT2D eigenvalue weighted by atomic mass is 9.68. The smallest absolute Gasteiger partial charge is 0.227 e. The van der Waals surface area contributed by atoms with Crippen LogP contribution in [0.2, 0.25) is 0 Å². The van der Waals surface area contributed by atoms with E-state index in [4.69, 9.17) is 4.98 Å². The number of pyridine rings is 1. The van der Waals surface area contributed by atoms with E-state index in [1.54, 1.807) is 0 Å². The molecule has 188 valence electrons. The maximum atomic E-state index is 13.0. The second-order valence-corrected chi connectivity index (χ2v) is 11.8. The molecule has 35 heavy (non-hydrogen) atoms. The number of aromatic nitrogens is 3. The Bertz CT molecular complexity index is 1140. The molecule has 7 heteroatoms. The highest BCUT2D eigenvalue weighted by molar-refractivity contribution is 5.80. The predicted molar refractivity (Wildman–Crippen MR) is 144 cm³/mol. The SMILES string of the molecule is CNc1nc(C2CCC(C)(C)C(NC(=O)Cc3nc4ccccc4[nH]3)C2)ccc1NCC(C)(C)C. The fourth-order valence-corrected chi connectivity index (χ4v) is 4.85. The van der Waals surface area contributed by atoms with Crippen LogP contribution in [-0.4, -0.2) is 40.5 Å². The summed E-state index contributed by atoms with van der Waals surface area (Å²) in [6, 6.07) is 12.2. The summed E-state index contributed by atoms with van der Waals surface area (Å²) >= 11 is 0. The summed E-state index contributed by atoms with van der Waals surface area (Å²) in [5, 5.41) is 10.1. The Morgan fingerprint density at radius 2 is 1.91 bits per heavy atom. The molecule has 4 rings (SSSR count). The van der Waals surface area contributed by atoms with Gasteiger partial charge in [0.05, 0.1) is 23.1 Å². The molecule has 0 aliphatic heterocycles. The number of carbonyl (C=O) groups excluding carboxylic acids is 1. The number of carbonyl (C=O) groups is 1. The van der Waals surface area contributed by atoms with E-state index in [1.807, 2.05) is 31.3 Å². The van der Waals surface area contributed by atoms with Crippen molar-refractivity contribution in [1.82, 2.24) is 20.3 Å². The molecule has 4 N–H and O–H groups in total. The van der Waals surface area contributed by atoms with E-state index in [0.29, 0.717) is 11.7 Å². The highest BCUT2D eigenvalue weighted by Gasteiger charge is 2.38. The maximum absolute atomic E-state index is 13.0. The molecule has 2 atom stereocenters. The Balaban J connectivity index is 1.44. The average Bonchev–Trinajstić information content (AvgIpc) is 3.20. The monoisotopic (exact) mass is 476 g/mol. The van der Waals surface area contributed by atoms with Gasteiger partial charge in [0.1, 0.15) is 11.6 Å². The number of imidazole rings is 1. The average molecular weight is 477 g/mol. The Morgan fingerprint density at radius 1 is 1.14 bits per heavy atom. The lowest BCUT2D eigenvalue weighted by Gasteiger charge is -2.42. The van der Waals surface area contributed by atoms with Gasteiger partial charge in [-0.15, -0.1) is 0 Å². The van der Waals surface area contributed by atoms with E-state index in [1.165, 1.54) is 0 Å². The third kappa shape index (κ3) is 6.13. The van der Waals surface area contributed by atoms with E-state index in [2.05, 4.69) is 72.7 Å². The van der Waals surface area contributed by atoms with Crippen molar-refractivity contribution in [3.8, 4) is 0 Å². The van der Waals surface area contributed by atoms with Crippen LogP contribution in [0.4, 0.5) is 11.5 Å². The van der Waals surface area contributed by atoms with Crippen LogP contribution in [0.15, 0.2) is 36.4 Å². The largest absolute Gasteiger partial charge is 0.382 e. The highest BCUT2D eigenvalue weighted by atomic mass is 16.1. The Labute approximate surface area is 208 Å². The van der Waals surface area contributed by atoms with Crippen LogP contribution in [-0.2, 0) is 11.2 Å². The number of amides is 1. The number of rotatable bonds is 7. The van der Waals surface area contributed by atoms with Crippen molar-refractivity contribution in [3.05, 3.63) is 47.9 Å². The summed E-state index contributed by atoms with van der Waals surface area (Å²) < 4.78 is 0. The summed E-state index contributed by atoms with van der Waals surface area (Å²) in [7, 11) is 1.92. The molecule has 0 radical (unpaired) electrons. The fourth-order valence-electron chi connectivity index (χ4n) is 4.85. The molecule has 0 spiro atoms. The number of benzene rings is 1. The molecular formula is C28H40N6O. The number of aromatic amines is 1. The quantitative estimate of drug-likeness (QED) is 0.362. The first kappa shape index (κ1) is 25.0. The lowest BCUT2D eigenvalue weighted by Crippen LogP contribution is -2.49. The van der Waals surface area contributed by atoms with Crippen LogP contribution in [0.5, 0.6) is 0 Å². The van der Waals surface area contributed by atoms with Gasteiger partial charge >= 0.3 is 0 Å². The first-order valence-corrected chi connectivity index (χ1v) is 12.7. The molecule has 2 aromatic heterocycles. The summed E-state index contributed by atoms with van der Waals surface area (Å²) in [6.45, 7) is 12.0. The van der Waals surface area contributed by atoms with E-state index in [-0.39, 0.29) is 29.2 Å². The van der Waals surface area contributed by atoms with Gasteiger partial charge in [-0.2, -0.15) is 0 Å². The van der Waals surface area contributed by atoms with Gasteiger partial charge in [-0.1, -0.05) is 46.8 Å². The number of nitrogens with one attached hydrogen (secondary N) is 4.